The number of fused-ring (bicyclic) bond motifs is 3. The summed E-state index contributed by atoms with van der Waals surface area (Å²) in [6.07, 6.45) is 6.45. The molecule has 2 heterocycles. The molecule has 5 heteroatoms. The van der Waals surface area contributed by atoms with Gasteiger partial charge in [-0.25, -0.2) is 0 Å². The summed E-state index contributed by atoms with van der Waals surface area (Å²) in [7, 11) is 0. The number of hydrogen-bond donors (Lipinski definition) is 3. The molecule has 1 amide bonds. The van der Waals surface area contributed by atoms with Gasteiger partial charge in [0.05, 0.1) is 18.0 Å². The van der Waals surface area contributed by atoms with Gasteiger partial charge in [0.25, 0.3) is 0 Å². The van der Waals surface area contributed by atoms with Crippen LogP contribution in [0.25, 0.3) is 16.6 Å². The van der Waals surface area contributed by atoms with Crippen molar-refractivity contribution in [2.75, 3.05) is 18.5 Å². The molecule has 220 valence electrons. The number of allylic oxidation sites excluding steroid dienone is 1. The van der Waals surface area contributed by atoms with E-state index in [4.69, 9.17) is 0 Å². The van der Waals surface area contributed by atoms with Crippen molar-refractivity contribution < 1.29 is 9.90 Å². The van der Waals surface area contributed by atoms with Crippen LogP contribution in [0.5, 0.6) is 0 Å². The van der Waals surface area contributed by atoms with E-state index >= 15 is 0 Å². The first-order valence-corrected chi connectivity index (χ1v) is 15.6. The first-order chi connectivity index (χ1) is 20.5. The number of carbonyl (C=O) groups is 1. The van der Waals surface area contributed by atoms with E-state index in [1.165, 1.54) is 52.0 Å². The molecule has 3 N–H and O–H groups in total. The monoisotopic (exact) mass is 563 g/mol. The minimum absolute atomic E-state index is 0.0287. The number of anilines is 1. The number of amides is 1. The zero-order valence-electron chi connectivity index (χ0n) is 25.3. The Bertz CT molecular complexity index is 1470. The molecule has 3 aromatic carbocycles. The Morgan fingerprint density at radius 3 is 2.24 bits per heavy atom. The number of para-hydroxylation sites is 1. The zero-order valence-corrected chi connectivity index (χ0v) is 25.3. The second kappa shape index (κ2) is 13.9. The van der Waals surface area contributed by atoms with Crippen molar-refractivity contribution in [1.29, 1.82) is 0 Å². The molecular weight excluding hydrogens is 518 g/mol. The first-order valence-electron chi connectivity index (χ1n) is 15.6. The molecule has 5 nitrogen and oxygen atoms in total. The second-order valence-electron chi connectivity index (χ2n) is 11.6. The molecule has 1 aliphatic carbocycles. The number of aliphatic hydroxyl groups is 1. The molecule has 0 bridgehead atoms. The van der Waals surface area contributed by atoms with Gasteiger partial charge in [0.2, 0.25) is 5.91 Å². The molecule has 2 aliphatic rings. The van der Waals surface area contributed by atoms with Crippen molar-refractivity contribution in [3.63, 3.8) is 0 Å². The number of aromatic nitrogens is 1. The Kier molecular flexibility index (Phi) is 9.81. The van der Waals surface area contributed by atoms with Crippen molar-refractivity contribution in [3.05, 3.63) is 107 Å². The Morgan fingerprint density at radius 1 is 0.976 bits per heavy atom. The van der Waals surface area contributed by atoms with E-state index in [1.54, 1.807) is 0 Å². The molecule has 1 aromatic heterocycles. The number of nitrogens with zero attached hydrogens (tertiary/aromatic N) is 1. The Labute approximate surface area is 250 Å². The highest BCUT2D eigenvalue weighted by Gasteiger charge is 2.32. The average molecular weight is 564 g/mol. The van der Waals surface area contributed by atoms with Gasteiger partial charge in [-0.05, 0) is 61.8 Å². The fraction of sp³-hybridized carbons (Fsp3) is 0.378. The molecule has 1 aliphatic heterocycles. The molecule has 42 heavy (non-hydrogen) atoms. The summed E-state index contributed by atoms with van der Waals surface area (Å²) < 4.78 is 2.40. The van der Waals surface area contributed by atoms with E-state index in [-0.39, 0.29) is 18.4 Å². The molecule has 2 atom stereocenters. The third kappa shape index (κ3) is 6.32. The zero-order chi connectivity index (χ0) is 29.5. The second-order valence-corrected chi connectivity index (χ2v) is 11.6. The Balaban J connectivity index is 0.000000524. The number of hydrogen-bond acceptors (Lipinski definition) is 3. The van der Waals surface area contributed by atoms with Gasteiger partial charge in [0.1, 0.15) is 5.82 Å². The van der Waals surface area contributed by atoms with Gasteiger partial charge in [-0.1, -0.05) is 98.6 Å². The van der Waals surface area contributed by atoms with Gasteiger partial charge in [0, 0.05) is 35.7 Å². The van der Waals surface area contributed by atoms with Crippen LogP contribution in [-0.4, -0.2) is 34.8 Å². The van der Waals surface area contributed by atoms with Crippen LogP contribution in [0.2, 0.25) is 0 Å². The lowest BCUT2D eigenvalue weighted by Crippen LogP contribution is -2.34. The van der Waals surface area contributed by atoms with Gasteiger partial charge < -0.3 is 20.3 Å². The normalized spacial score (nSPS) is 17.3. The van der Waals surface area contributed by atoms with Crippen LogP contribution in [0.3, 0.4) is 0 Å². The summed E-state index contributed by atoms with van der Waals surface area (Å²) in [5.74, 6) is 1.49. The average Bonchev–Trinajstić information content (AvgIpc) is 3.65. The largest absolute Gasteiger partial charge is 0.395 e. The predicted molar refractivity (Wildman–Crippen MR) is 175 cm³/mol. The van der Waals surface area contributed by atoms with Crippen molar-refractivity contribution >= 4 is 28.3 Å². The quantitative estimate of drug-likeness (QED) is 0.205. The highest BCUT2D eigenvalue weighted by atomic mass is 16.3. The highest BCUT2D eigenvalue weighted by molar-refractivity contribution is 5.95. The summed E-state index contributed by atoms with van der Waals surface area (Å²) in [5, 5.41) is 17.2. The van der Waals surface area contributed by atoms with Crippen LogP contribution in [0.1, 0.15) is 75.5 Å². The topological polar surface area (TPSA) is 66.3 Å². The smallest absolute Gasteiger partial charge is 0.227 e. The van der Waals surface area contributed by atoms with Gasteiger partial charge in [-0.3, -0.25) is 4.79 Å². The van der Waals surface area contributed by atoms with Crippen molar-refractivity contribution in [2.45, 2.75) is 71.3 Å². The molecule has 2 unspecified atom stereocenters. The fourth-order valence-corrected chi connectivity index (χ4v) is 6.95. The lowest BCUT2D eigenvalue weighted by atomic mass is 9.83. The van der Waals surface area contributed by atoms with Crippen LogP contribution in [0.15, 0.2) is 90.5 Å². The minimum atomic E-state index is -0.140. The summed E-state index contributed by atoms with van der Waals surface area (Å²) in [6, 6.07) is 29.7. The third-order valence-corrected chi connectivity index (χ3v) is 8.99. The first kappa shape index (κ1) is 29.7. The standard InChI is InChI=1S/C31H39N3O2.C6H6/c1-4-25-20(2)33-30-27(26-11-7-8-12-28(26)34(30)21(25)3)19-22-13-15-24(16-14-22)29(23-9-5-6-10-23)31(36)32-17-18-35;1-2-4-6-5-3-1/h7-8,11-16,20,23,29,33,35H,4-6,9-10,17-19H2,1-3H3,(H,32,36);1-6H. The Hall–Kier alpha value is -3.83. The van der Waals surface area contributed by atoms with Crippen LogP contribution in [0, 0.1) is 5.92 Å². The van der Waals surface area contributed by atoms with E-state index in [1.807, 2.05) is 36.4 Å². The van der Waals surface area contributed by atoms with E-state index in [0.717, 1.165) is 31.2 Å². The number of aliphatic hydroxyl groups excluding tert-OH is 1. The van der Waals surface area contributed by atoms with E-state index in [9.17, 15) is 9.90 Å². The SMILES string of the molecule is CCC1=C(C)n2c(c(Cc3ccc(C(C(=O)NCCO)C4CCCC4)cc3)c3ccccc32)NC1C.c1ccccc1. The molecule has 1 saturated carbocycles. The molecule has 0 saturated heterocycles. The molecule has 0 radical (unpaired) electrons. The van der Waals surface area contributed by atoms with Crippen LogP contribution in [0.4, 0.5) is 5.82 Å². The number of benzene rings is 3. The summed E-state index contributed by atoms with van der Waals surface area (Å²) in [6.45, 7) is 7.02. The van der Waals surface area contributed by atoms with Gasteiger partial charge in [-0.2, -0.15) is 0 Å². The molecule has 0 spiro atoms. The molecule has 6 rings (SSSR count). The Morgan fingerprint density at radius 2 is 1.62 bits per heavy atom. The summed E-state index contributed by atoms with van der Waals surface area (Å²) in [4.78, 5) is 13.0. The lowest BCUT2D eigenvalue weighted by Gasteiger charge is -2.29. The maximum absolute atomic E-state index is 13.0. The molecular formula is C37H45N3O2. The maximum Gasteiger partial charge on any atom is 0.227 e. The highest BCUT2D eigenvalue weighted by Crippen LogP contribution is 2.41. The number of carbonyl (C=O) groups excluding carboxylic acids is 1. The summed E-state index contributed by atoms with van der Waals surface area (Å²) in [5.41, 5.74) is 7.71. The van der Waals surface area contributed by atoms with Crippen molar-refractivity contribution in [3.8, 4) is 0 Å². The van der Waals surface area contributed by atoms with Crippen LogP contribution >= 0.6 is 0 Å². The number of rotatable bonds is 8. The predicted octanol–water partition coefficient (Wildman–Crippen LogP) is 7.76. The van der Waals surface area contributed by atoms with E-state index in [0.29, 0.717) is 18.5 Å². The minimum Gasteiger partial charge on any atom is -0.395 e. The van der Waals surface area contributed by atoms with Gasteiger partial charge >= 0.3 is 0 Å². The molecule has 1 fully saturated rings. The lowest BCUT2D eigenvalue weighted by molar-refractivity contribution is -0.123. The molecule has 4 aromatic rings. The third-order valence-electron chi connectivity index (χ3n) is 8.99. The van der Waals surface area contributed by atoms with Gasteiger partial charge in [-0.15, -0.1) is 0 Å². The summed E-state index contributed by atoms with van der Waals surface area (Å²) >= 11 is 0. The van der Waals surface area contributed by atoms with E-state index < -0.39 is 0 Å². The maximum atomic E-state index is 13.0. The van der Waals surface area contributed by atoms with Crippen molar-refractivity contribution in [2.24, 2.45) is 5.92 Å². The fourth-order valence-electron chi connectivity index (χ4n) is 6.95. The van der Waals surface area contributed by atoms with Crippen LogP contribution in [-0.2, 0) is 11.2 Å². The number of nitrogens with one attached hydrogen (secondary N) is 2. The van der Waals surface area contributed by atoms with Gasteiger partial charge in [0.15, 0.2) is 0 Å². The van der Waals surface area contributed by atoms with Crippen molar-refractivity contribution in [1.82, 2.24) is 9.88 Å². The van der Waals surface area contributed by atoms with E-state index in [2.05, 4.69) is 84.5 Å². The van der Waals surface area contributed by atoms with Crippen LogP contribution < -0.4 is 10.6 Å².